The van der Waals surface area contributed by atoms with Crippen LogP contribution in [0.2, 0.25) is 0 Å². The molecule has 0 aromatic carbocycles. The Bertz CT molecular complexity index is 236. The normalized spacial score (nSPS) is 15.4. The zero-order valence-corrected chi connectivity index (χ0v) is 11.4. The van der Waals surface area contributed by atoms with E-state index in [4.69, 9.17) is 0 Å². The minimum absolute atomic E-state index is 0.0236. The number of alkyl halides is 4. The summed E-state index contributed by atoms with van der Waals surface area (Å²) in [5, 5.41) is 3.45. The molecule has 0 spiro atoms. The van der Waals surface area contributed by atoms with Crippen LogP contribution in [0.25, 0.3) is 0 Å². The largest absolute Gasteiger partial charge is 0.411 e. The number of nitrogens with one attached hydrogen (secondary N) is 1. The lowest BCUT2D eigenvalue weighted by molar-refractivity contribution is -0.174. The fourth-order valence-corrected chi connectivity index (χ4v) is 1.52. The highest BCUT2D eigenvalue weighted by Crippen LogP contribution is 2.14. The minimum atomic E-state index is -4.34. The summed E-state index contributed by atoms with van der Waals surface area (Å²) < 4.78 is 39.5. The van der Waals surface area contributed by atoms with E-state index >= 15 is 0 Å². The summed E-state index contributed by atoms with van der Waals surface area (Å²) >= 11 is 3.29. The first-order chi connectivity index (χ1) is 7.76. The summed E-state index contributed by atoms with van der Waals surface area (Å²) in [7, 11) is 0. The van der Waals surface area contributed by atoms with Gasteiger partial charge in [0.1, 0.15) is 6.61 Å². The van der Waals surface area contributed by atoms with E-state index in [0.29, 0.717) is 0 Å². The van der Waals surface area contributed by atoms with Crippen molar-refractivity contribution >= 4 is 21.8 Å². The van der Waals surface area contributed by atoms with Crippen molar-refractivity contribution < 1.29 is 22.7 Å². The Morgan fingerprint density at radius 2 is 2.00 bits per heavy atom. The van der Waals surface area contributed by atoms with Crippen molar-refractivity contribution in [2.45, 2.75) is 32.5 Å². The Morgan fingerprint density at radius 3 is 2.47 bits per heavy atom. The van der Waals surface area contributed by atoms with Crippen LogP contribution < -0.4 is 5.32 Å². The lowest BCUT2D eigenvalue weighted by Gasteiger charge is -2.19. The Morgan fingerprint density at radius 1 is 1.41 bits per heavy atom. The molecule has 3 nitrogen and oxygen atoms in total. The van der Waals surface area contributed by atoms with E-state index in [9.17, 15) is 18.0 Å². The Balaban J connectivity index is 3.67. The highest BCUT2D eigenvalue weighted by molar-refractivity contribution is 9.09. The van der Waals surface area contributed by atoms with Crippen LogP contribution in [0.3, 0.4) is 0 Å². The third-order valence-corrected chi connectivity index (χ3v) is 3.25. The van der Waals surface area contributed by atoms with Gasteiger partial charge < -0.3 is 10.1 Å². The van der Waals surface area contributed by atoms with Gasteiger partial charge in [-0.05, 0) is 12.8 Å². The summed E-state index contributed by atoms with van der Waals surface area (Å²) in [6.07, 6.45) is -4.40. The maximum Gasteiger partial charge on any atom is 0.411 e. The summed E-state index contributed by atoms with van der Waals surface area (Å²) in [6.45, 7) is 2.27. The van der Waals surface area contributed by atoms with Gasteiger partial charge in [0.25, 0.3) is 0 Å². The molecule has 0 saturated carbocycles. The van der Waals surface area contributed by atoms with Gasteiger partial charge in [-0.25, -0.2) is 0 Å². The smallest absolute Gasteiger partial charge is 0.372 e. The molecule has 17 heavy (non-hydrogen) atoms. The summed E-state index contributed by atoms with van der Waals surface area (Å²) in [5.41, 5.74) is 0. The van der Waals surface area contributed by atoms with E-state index in [-0.39, 0.29) is 30.9 Å². The first-order valence-corrected chi connectivity index (χ1v) is 6.38. The Labute approximate surface area is 107 Å². The molecule has 7 heteroatoms. The van der Waals surface area contributed by atoms with Gasteiger partial charge in [-0.15, -0.1) is 0 Å². The molecule has 0 heterocycles. The average molecular weight is 320 g/mol. The summed E-state index contributed by atoms with van der Waals surface area (Å²) in [5.74, 6) is -0.0393. The molecule has 0 aromatic heterocycles. The first-order valence-electron chi connectivity index (χ1n) is 5.26. The van der Waals surface area contributed by atoms with Gasteiger partial charge in [0, 0.05) is 17.8 Å². The van der Waals surface area contributed by atoms with E-state index in [2.05, 4.69) is 26.0 Å². The second-order valence-corrected chi connectivity index (χ2v) is 4.55. The molecule has 0 bridgehead atoms. The van der Waals surface area contributed by atoms with Crippen molar-refractivity contribution in [3.8, 4) is 0 Å². The minimum Gasteiger partial charge on any atom is -0.372 e. The molecule has 0 radical (unpaired) electrons. The molecule has 0 aliphatic rings. The lowest BCUT2D eigenvalue weighted by Crippen LogP contribution is -2.38. The van der Waals surface area contributed by atoms with Crippen LogP contribution in [0.4, 0.5) is 13.2 Å². The molecule has 0 fully saturated rings. The number of halogens is 4. The maximum absolute atomic E-state index is 11.7. The zero-order valence-electron chi connectivity index (χ0n) is 9.81. The van der Waals surface area contributed by atoms with Crippen LogP contribution in [0.15, 0.2) is 0 Å². The highest BCUT2D eigenvalue weighted by atomic mass is 79.9. The Kier molecular flexibility index (Phi) is 7.78. The topological polar surface area (TPSA) is 38.3 Å². The molecule has 0 aliphatic carbocycles. The third-order valence-electron chi connectivity index (χ3n) is 2.22. The van der Waals surface area contributed by atoms with Crippen LogP contribution in [-0.2, 0) is 9.53 Å². The number of hydrogen-bond donors (Lipinski definition) is 1. The van der Waals surface area contributed by atoms with Crippen molar-refractivity contribution in [1.29, 1.82) is 0 Å². The number of rotatable bonds is 7. The lowest BCUT2D eigenvalue weighted by atomic mass is 10.1. The molecule has 102 valence electrons. The van der Waals surface area contributed by atoms with Crippen molar-refractivity contribution in [1.82, 2.24) is 5.32 Å². The van der Waals surface area contributed by atoms with Crippen LogP contribution in [0, 0.1) is 5.92 Å². The number of ether oxygens (including phenoxy) is 1. The SMILES string of the molecule is CC(CBr)C(C)NC(=O)CCOCC(F)(F)F. The molecular weight excluding hydrogens is 303 g/mol. The van der Waals surface area contributed by atoms with Gasteiger partial charge in [-0.2, -0.15) is 13.2 Å². The Hall–Kier alpha value is -0.300. The average Bonchev–Trinajstić information content (AvgIpc) is 2.21. The molecule has 2 unspecified atom stereocenters. The molecule has 0 aromatic rings. The molecule has 0 saturated heterocycles. The molecule has 1 amide bonds. The van der Waals surface area contributed by atoms with E-state index in [1.54, 1.807) is 0 Å². The van der Waals surface area contributed by atoms with E-state index in [1.807, 2.05) is 13.8 Å². The molecular formula is C10H17BrF3NO2. The van der Waals surface area contributed by atoms with E-state index < -0.39 is 12.8 Å². The van der Waals surface area contributed by atoms with Crippen molar-refractivity contribution in [3.63, 3.8) is 0 Å². The number of hydrogen-bond acceptors (Lipinski definition) is 2. The zero-order chi connectivity index (χ0) is 13.5. The second-order valence-electron chi connectivity index (χ2n) is 3.91. The van der Waals surface area contributed by atoms with Crippen LogP contribution in [0.1, 0.15) is 20.3 Å². The van der Waals surface area contributed by atoms with Gasteiger partial charge in [-0.3, -0.25) is 4.79 Å². The van der Waals surface area contributed by atoms with Crippen molar-refractivity contribution in [2.24, 2.45) is 5.92 Å². The summed E-state index contributed by atoms with van der Waals surface area (Å²) in [6, 6.07) is -0.0236. The van der Waals surface area contributed by atoms with Gasteiger partial charge in [0.05, 0.1) is 6.61 Å². The highest BCUT2D eigenvalue weighted by Gasteiger charge is 2.27. The van der Waals surface area contributed by atoms with Gasteiger partial charge in [-0.1, -0.05) is 22.9 Å². The van der Waals surface area contributed by atoms with Crippen LogP contribution in [0.5, 0.6) is 0 Å². The fraction of sp³-hybridized carbons (Fsp3) is 0.900. The van der Waals surface area contributed by atoms with Crippen molar-refractivity contribution in [2.75, 3.05) is 18.5 Å². The maximum atomic E-state index is 11.7. The van der Waals surface area contributed by atoms with Gasteiger partial charge in [0.15, 0.2) is 0 Å². The molecule has 0 rings (SSSR count). The van der Waals surface area contributed by atoms with E-state index in [0.717, 1.165) is 5.33 Å². The first kappa shape index (κ1) is 16.7. The molecule has 0 aliphatic heterocycles. The monoisotopic (exact) mass is 319 g/mol. The quantitative estimate of drug-likeness (QED) is 0.578. The second kappa shape index (κ2) is 7.92. The fourth-order valence-electron chi connectivity index (χ4n) is 0.955. The van der Waals surface area contributed by atoms with Gasteiger partial charge >= 0.3 is 6.18 Å². The molecule has 2 atom stereocenters. The van der Waals surface area contributed by atoms with Crippen LogP contribution in [-0.4, -0.2) is 36.7 Å². The predicted octanol–water partition coefficient (Wildman–Crippen LogP) is 2.49. The van der Waals surface area contributed by atoms with Crippen molar-refractivity contribution in [3.05, 3.63) is 0 Å². The summed E-state index contributed by atoms with van der Waals surface area (Å²) in [4.78, 5) is 11.3. The number of amides is 1. The van der Waals surface area contributed by atoms with Crippen LogP contribution >= 0.6 is 15.9 Å². The number of carbonyl (C=O) groups is 1. The number of carbonyl (C=O) groups excluding carboxylic acids is 1. The van der Waals surface area contributed by atoms with Gasteiger partial charge in [0.2, 0.25) is 5.91 Å². The third kappa shape index (κ3) is 9.41. The predicted molar refractivity (Wildman–Crippen MR) is 62.1 cm³/mol. The van der Waals surface area contributed by atoms with E-state index in [1.165, 1.54) is 0 Å². The standard InChI is InChI=1S/C10H17BrF3NO2/c1-7(5-11)8(2)15-9(16)3-4-17-6-10(12,13)14/h7-8H,3-6H2,1-2H3,(H,15,16). The molecule has 1 N–H and O–H groups in total.